The number of amides is 1. The van der Waals surface area contributed by atoms with Crippen LogP contribution in [0.25, 0.3) is 0 Å². The predicted molar refractivity (Wildman–Crippen MR) is 111 cm³/mol. The van der Waals surface area contributed by atoms with E-state index in [2.05, 4.69) is 59.5 Å². The number of carbonyl (C=O) groups excluding carboxylic acids is 1. The van der Waals surface area contributed by atoms with E-state index >= 15 is 0 Å². The van der Waals surface area contributed by atoms with Crippen molar-refractivity contribution in [2.24, 2.45) is 0 Å². The molecule has 3 rings (SSSR count). The molecule has 0 atom stereocenters. The third-order valence-corrected chi connectivity index (χ3v) is 6.02. The molecule has 2 aromatic rings. The highest BCUT2D eigenvalue weighted by atomic mass is 32.1. The van der Waals surface area contributed by atoms with Gasteiger partial charge in [0.1, 0.15) is 0 Å². The summed E-state index contributed by atoms with van der Waals surface area (Å²) < 4.78 is 0. The van der Waals surface area contributed by atoms with E-state index in [1.807, 2.05) is 12.1 Å². The van der Waals surface area contributed by atoms with Crippen LogP contribution in [0.15, 0.2) is 35.7 Å². The number of nitrogens with zero attached hydrogens (tertiary/aromatic N) is 2. The number of benzene rings is 1. The Morgan fingerprint density at radius 1 is 1.19 bits per heavy atom. The Morgan fingerprint density at radius 2 is 1.88 bits per heavy atom. The van der Waals surface area contributed by atoms with Gasteiger partial charge in [0.2, 0.25) is 5.91 Å². The lowest BCUT2D eigenvalue weighted by atomic mass is 10.2. The van der Waals surface area contributed by atoms with Crippen LogP contribution in [0.4, 0.5) is 11.4 Å². The van der Waals surface area contributed by atoms with Gasteiger partial charge in [-0.2, -0.15) is 0 Å². The first kappa shape index (κ1) is 18.9. The zero-order valence-corrected chi connectivity index (χ0v) is 16.8. The van der Waals surface area contributed by atoms with Gasteiger partial charge in [-0.3, -0.25) is 9.69 Å². The van der Waals surface area contributed by atoms with E-state index in [4.69, 9.17) is 0 Å². The Balaban J connectivity index is 1.56. The number of rotatable bonds is 7. The van der Waals surface area contributed by atoms with Gasteiger partial charge in [-0.05, 0) is 74.9 Å². The average molecular weight is 372 g/mol. The number of hydrogen-bond acceptors (Lipinski definition) is 4. The second kappa shape index (κ2) is 8.69. The maximum atomic E-state index is 12.5. The van der Waals surface area contributed by atoms with Crippen LogP contribution in [-0.2, 0) is 11.3 Å². The molecule has 1 aliphatic rings. The van der Waals surface area contributed by atoms with Crippen molar-refractivity contribution in [3.63, 3.8) is 0 Å². The van der Waals surface area contributed by atoms with E-state index in [1.165, 1.54) is 29.0 Å². The lowest BCUT2D eigenvalue weighted by molar-refractivity contribution is -0.117. The second-order valence-corrected chi connectivity index (χ2v) is 8.32. The first-order chi connectivity index (χ1) is 12.5. The Labute approximate surface area is 160 Å². The minimum Gasteiger partial charge on any atom is -0.372 e. The fraction of sp³-hybridized carbons (Fsp3) is 0.476. The third-order valence-electron chi connectivity index (χ3n) is 5.01. The summed E-state index contributed by atoms with van der Waals surface area (Å²) in [5, 5.41) is 5.16. The van der Waals surface area contributed by atoms with Crippen molar-refractivity contribution in [2.75, 3.05) is 29.9 Å². The van der Waals surface area contributed by atoms with Crippen LogP contribution in [0.3, 0.4) is 0 Å². The standard InChI is InChI=1S/C21H29N3OS/c1-16(2)24(14-20-17(3)10-13-26-20)15-21(25)22-18-6-8-19(9-7-18)23-11-4-5-12-23/h6-10,13,16H,4-5,11-12,14-15H2,1-3H3,(H,22,25). The number of nitrogens with one attached hydrogen (secondary N) is 1. The van der Waals surface area contributed by atoms with E-state index in [-0.39, 0.29) is 5.91 Å². The number of carbonyl (C=O) groups is 1. The summed E-state index contributed by atoms with van der Waals surface area (Å²) >= 11 is 1.76. The minimum absolute atomic E-state index is 0.0434. The zero-order chi connectivity index (χ0) is 18.5. The van der Waals surface area contributed by atoms with E-state index in [0.717, 1.165) is 25.3 Å². The summed E-state index contributed by atoms with van der Waals surface area (Å²) in [5.74, 6) is 0.0434. The molecule has 1 aromatic carbocycles. The lowest BCUT2D eigenvalue weighted by Gasteiger charge is -2.25. The molecule has 0 saturated carbocycles. The summed E-state index contributed by atoms with van der Waals surface area (Å²) in [6, 6.07) is 10.7. The summed E-state index contributed by atoms with van der Waals surface area (Å²) in [7, 11) is 0. The molecule has 140 valence electrons. The molecule has 4 nitrogen and oxygen atoms in total. The second-order valence-electron chi connectivity index (χ2n) is 7.31. The van der Waals surface area contributed by atoms with E-state index in [0.29, 0.717) is 12.6 Å². The van der Waals surface area contributed by atoms with Gasteiger partial charge in [0.25, 0.3) is 0 Å². The molecule has 0 radical (unpaired) electrons. The summed E-state index contributed by atoms with van der Waals surface area (Å²) in [6.07, 6.45) is 2.54. The molecule has 1 amide bonds. The van der Waals surface area contributed by atoms with E-state index in [1.54, 1.807) is 11.3 Å². The zero-order valence-electron chi connectivity index (χ0n) is 16.0. The molecule has 26 heavy (non-hydrogen) atoms. The summed E-state index contributed by atoms with van der Waals surface area (Å²) in [5.41, 5.74) is 3.42. The number of anilines is 2. The third kappa shape index (κ3) is 4.86. The molecule has 0 spiro atoms. The quantitative estimate of drug-likeness (QED) is 0.778. The van der Waals surface area contributed by atoms with Gasteiger partial charge < -0.3 is 10.2 Å². The average Bonchev–Trinajstić information content (AvgIpc) is 3.27. The van der Waals surface area contributed by atoms with Gasteiger partial charge in [-0.1, -0.05) is 0 Å². The summed E-state index contributed by atoms with van der Waals surface area (Å²) in [6.45, 7) is 9.91. The Kier molecular flexibility index (Phi) is 6.33. The highest BCUT2D eigenvalue weighted by Gasteiger charge is 2.17. The highest BCUT2D eigenvalue weighted by Crippen LogP contribution is 2.22. The van der Waals surface area contributed by atoms with Gasteiger partial charge >= 0.3 is 0 Å². The molecule has 1 aromatic heterocycles. The lowest BCUT2D eigenvalue weighted by Crippen LogP contribution is -2.37. The van der Waals surface area contributed by atoms with Gasteiger partial charge in [0.15, 0.2) is 0 Å². The van der Waals surface area contributed by atoms with Gasteiger partial charge in [0, 0.05) is 41.9 Å². The largest absolute Gasteiger partial charge is 0.372 e. The Bertz CT molecular complexity index is 717. The van der Waals surface area contributed by atoms with Gasteiger partial charge in [-0.25, -0.2) is 0 Å². The predicted octanol–water partition coefficient (Wildman–Crippen LogP) is 4.51. The van der Waals surface area contributed by atoms with Crippen molar-refractivity contribution in [2.45, 2.75) is 46.2 Å². The Morgan fingerprint density at radius 3 is 2.46 bits per heavy atom. The van der Waals surface area contributed by atoms with Crippen LogP contribution < -0.4 is 10.2 Å². The first-order valence-corrected chi connectivity index (χ1v) is 10.3. The number of aryl methyl sites for hydroxylation is 1. The number of hydrogen-bond donors (Lipinski definition) is 1. The van der Waals surface area contributed by atoms with E-state index < -0.39 is 0 Å². The van der Waals surface area contributed by atoms with E-state index in [9.17, 15) is 4.79 Å². The minimum atomic E-state index is 0.0434. The molecule has 5 heteroatoms. The first-order valence-electron chi connectivity index (χ1n) is 9.45. The van der Waals surface area contributed by atoms with Gasteiger partial charge in [-0.15, -0.1) is 11.3 Å². The maximum Gasteiger partial charge on any atom is 0.238 e. The fourth-order valence-corrected chi connectivity index (χ4v) is 4.22. The molecule has 1 aliphatic heterocycles. The van der Waals surface area contributed by atoms with Crippen LogP contribution in [-0.4, -0.2) is 36.5 Å². The molecule has 2 heterocycles. The van der Waals surface area contributed by atoms with Crippen molar-refractivity contribution in [3.8, 4) is 0 Å². The van der Waals surface area contributed by atoms with Gasteiger partial charge in [0.05, 0.1) is 6.54 Å². The van der Waals surface area contributed by atoms with Crippen molar-refractivity contribution in [3.05, 3.63) is 46.2 Å². The van der Waals surface area contributed by atoms with Crippen molar-refractivity contribution < 1.29 is 4.79 Å². The molecular weight excluding hydrogens is 342 g/mol. The summed E-state index contributed by atoms with van der Waals surface area (Å²) in [4.78, 5) is 18.5. The van der Waals surface area contributed by atoms with Crippen LogP contribution in [0.5, 0.6) is 0 Å². The smallest absolute Gasteiger partial charge is 0.238 e. The monoisotopic (exact) mass is 371 g/mol. The highest BCUT2D eigenvalue weighted by molar-refractivity contribution is 7.10. The van der Waals surface area contributed by atoms with Crippen molar-refractivity contribution in [1.82, 2.24) is 4.90 Å². The molecular formula is C21H29N3OS. The topological polar surface area (TPSA) is 35.6 Å². The van der Waals surface area contributed by atoms with Crippen molar-refractivity contribution in [1.29, 1.82) is 0 Å². The number of thiophene rings is 1. The maximum absolute atomic E-state index is 12.5. The molecule has 1 fully saturated rings. The normalized spacial score (nSPS) is 14.4. The molecule has 0 unspecified atom stereocenters. The van der Waals surface area contributed by atoms with Crippen LogP contribution >= 0.6 is 11.3 Å². The van der Waals surface area contributed by atoms with Crippen LogP contribution in [0.2, 0.25) is 0 Å². The fourth-order valence-electron chi connectivity index (χ4n) is 3.29. The molecule has 1 N–H and O–H groups in total. The molecule has 1 saturated heterocycles. The Hall–Kier alpha value is -1.85. The SMILES string of the molecule is Cc1ccsc1CN(CC(=O)Nc1ccc(N2CCCC2)cc1)C(C)C. The van der Waals surface area contributed by atoms with Crippen LogP contribution in [0, 0.1) is 6.92 Å². The molecule has 0 aliphatic carbocycles. The molecule has 0 bridgehead atoms. The van der Waals surface area contributed by atoms with Crippen LogP contribution in [0.1, 0.15) is 37.1 Å². The van der Waals surface area contributed by atoms with Crippen molar-refractivity contribution >= 4 is 28.6 Å².